The van der Waals surface area contributed by atoms with Crippen molar-refractivity contribution in [3.05, 3.63) is 32.5 Å². The lowest BCUT2D eigenvalue weighted by Gasteiger charge is -2.31. The van der Waals surface area contributed by atoms with Crippen LogP contribution < -0.4 is 4.90 Å². The van der Waals surface area contributed by atoms with E-state index in [1.54, 1.807) is 4.90 Å². The molecule has 112 valence electrons. The summed E-state index contributed by atoms with van der Waals surface area (Å²) < 4.78 is 13.8. The van der Waals surface area contributed by atoms with E-state index in [1.165, 1.54) is 0 Å². The van der Waals surface area contributed by atoms with Crippen LogP contribution in [-0.2, 0) is 0 Å². The molecule has 0 fully saturated rings. The average molecular weight is 349 g/mol. The summed E-state index contributed by atoms with van der Waals surface area (Å²) in [6.45, 7) is 4.00. The maximum atomic E-state index is 13.7. The first-order valence-corrected chi connectivity index (χ1v) is 7.26. The number of aliphatic hydroxyl groups excluding tert-OH is 1. The Morgan fingerprint density at radius 3 is 2.50 bits per heavy atom. The van der Waals surface area contributed by atoms with Gasteiger partial charge in [-0.25, -0.2) is 4.39 Å². The number of nitro groups is 1. The average Bonchev–Trinajstić information content (AvgIpc) is 2.41. The minimum atomic E-state index is -0.556. The summed E-state index contributed by atoms with van der Waals surface area (Å²) in [4.78, 5) is 12.3. The number of nitro benzene ring substituents is 1. The molecule has 0 amide bonds. The highest BCUT2D eigenvalue weighted by Crippen LogP contribution is 2.35. The second-order valence-electron chi connectivity index (χ2n) is 4.40. The molecule has 0 radical (unpaired) electrons. The predicted molar refractivity (Wildman–Crippen MR) is 79.6 cm³/mol. The number of nitrogens with zero attached hydrogens (tertiary/aromatic N) is 2. The van der Waals surface area contributed by atoms with Crippen molar-refractivity contribution in [2.24, 2.45) is 0 Å². The molecule has 0 aliphatic carbocycles. The van der Waals surface area contributed by atoms with Crippen LogP contribution in [0.4, 0.5) is 15.8 Å². The van der Waals surface area contributed by atoms with Gasteiger partial charge in [0, 0.05) is 24.7 Å². The van der Waals surface area contributed by atoms with Gasteiger partial charge in [0.2, 0.25) is 0 Å². The molecule has 0 saturated carbocycles. The molecule has 1 aromatic rings. The van der Waals surface area contributed by atoms with E-state index < -0.39 is 10.7 Å². The number of halogens is 2. The number of hydrogen-bond donors (Lipinski definition) is 1. The molecule has 20 heavy (non-hydrogen) atoms. The SMILES string of the molecule is CCC(CC)N(CCO)c1cc(F)c(Br)cc1[N+](=O)[O-]. The summed E-state index contributed by atoms with van der Waals surface area (Å²) in [5.74, 6) is -0.556. The Labute approximate surface area is 125 Å². The zero-order chi connectivity index (χ0) is 15.3. The summed E-state index contributed by atoms with van der Waals surface area (Å²) in [6, 6.07) is 2.33. The fourth-order valence-corrected chi connectivity index (χ4v) is 2.57. The van der Waals surface area contributed by atoms with Gasteiger partial charge < -0.3 is 10.0 Å². The Morgan fingerprint density at radius 1 is 1.45 bits per heavy atom. The quantitative estimate of drug-likeness (QED) is 0.605. The minimum Gasteiger partial charge on any atom is -0.395 e. The monoisotopic (exact) mass is 348 g/mol. The fraction of sp³-hybridized carbons (Fsp3) is 0.538. The lowest BCUT2D eigenvalue weighted by Crippen LogP contribution is -2.37. The van der Waals surface area contributed by atoms with Gasteiger partial charge in [0.15, 0.2) is 0 Å². The zero-order valence-corrected chi connectivity index (χ0v) is 13.1. The van der Waals surface area contributed by atoms with Crippen molar-refractivity contribution in [1.82, 2.24) is 0 Å². The molecule has 0 unspecified atom stereocenters. The predicted octanol–water partition coefficient (Wildman–Crippen LogP) is 3.48. The second kappa shape index (κ2) is 7.54. The van der Waals surface area contributed by atoms with Crippen LogP contribution in [-0.4, -0.2) is 29.2 Å². The third-order valence-electron chi connectivity index (χ3n) is 3.25. The number of rotatable bonds is 7. The molecule has 0 atom stereocenters. The molecule has 1 N–H and O–H groups in total. The zero-order valence-electron chi connectivity index (χ0n) is 11.5. The van der Waals surface area contributed by atoms with Gasteiger partial charge in [0.25, 0.3) is 5.69 Å². The van der Waals surface area contributed by atoms with E-state index in [0.29, 0.717) is 0 Å². The van der Waals surface area contributed by atoms with Crippen LogP contribution in [0, 0.1) is 15.9 Å². The van der Waals surface area contributed by atoms with E-state index in [1.807, 2.05) is 13.8 Å². The molecular weight excluding hydrogens is 331 g/mol. The first-order valence-electron chi connectivity index (χ1n) is 6.47. The number of aliphatic hydroxyl groups is 1. The van der Waals surface area contributed by atoms with Crippen LogP contribution in [0.5, 0.6) is 0 Å². The van der Waals surface area contributed by atoms with Gasteiger partial charge in [-0.05, 0) is 28.8 Å². The van der Waals surface area contributed by atoms with E-state index in [9.17, 15) is 19.6 Å². The molecule has 0 spiro atoms. The van der Waals surface area contributed by atoms with Crippen molar-refractivity contribution in [2.45, 2.75) is 32.7 Å². The van der Waals surface area contributed by atoms with E-state index in [4.69, 9.17) is 0 Å². The van der Waals surface area contributed by atoms with E-state index in [2.05, 4.69) is 15.9 Å². The third kappa shape index (κ3) is 3.67. The Bertz CT molecular complexity index is 481. The molecule has 5 nitrogen and oxygen atoms in total. The van der Waals surface area contributed by atoms with Crippen molar-refractivity contribution in [1.29, 1.82) is 0 Å². The highest BCUT2D eigenvalue weighted by Gasteiger charge is 2.25. The van der Waals surface area contributed by atoms with Gasteiger partial charge in [-0.1, -0.05) is 13.8 Å². The highest BCUT2D eigenvalue weighted by atomic mass is 79.9. The van der Waals surface area contributed by atoms with Gasteiger partial charge in [0.05, 0.1) is 16.0 Å². The molecule has 0 bridgehead atoms. The normalized spacial score (nSPS) is 10.9. The number of benzene rings is 1. The van der Waals surface area contributed by atoms with E-state index in [0.717, 1.165) is 25.0 Å². The van der Waals surface area contributed by atoms with Crippen molar-refractivity contribution in [3.8, 4) is 0 Å². The first kappa shape index (κ1) is 16.8. The summed E-state index contributed by atoms with van der Waals surface area (Å²) >= 11 is 2.96. The highest BCUT2D eigenvalue weighted by molar-refractivity contribution is 9.10. The van der Waals surface area contributed by atoms with Crippen LogP contribution in [0.1, 0.15) is 26.7 Å². The topological polar surface area (TPSA) is 66.6 Å². The largest absolute Gasteiger partial charge is 0.395 e. The molecule has 1 aromatic carbocycles. The van der Waals surface area contributed by atoms with Gasteiger partial charge in [-0.15, -0.1) is 0 Å². The van der Waals surface area contributed by atoms with Gasteiger partial charge >= 0.3 is 0 Å². The molecule has 0 aliphatic heterocycles. The second-order valence-corrected chi connectivity index (χ2v) is 5.25. The van der Waals surface area contributed by atoms with Crippen LogP contribution in [0.15, 0.2) is 16.6 Å². The van der Waals surface area contributed by atoms with Crippen molar-refractivity contribution in [3.63, 3.8) is 0 Å². The summed E-state index contributed by atoms with van der Waals surface area (Å²) in [7, 11) is 0. The number of anilines is 1. The summed E-state index contributed by atoms with van der Waals surface area (Å²) in [6.07, 6.45) is 1.51. The Morgan fingerprint density at radius 2 is 2.05 bits per heavy atom. The van der Waals surface area contributed by atoms with E-state index >= 15 is 0 Å². The lowest BCUT2D eigenvalue weighted by atomic mass is 10.1. The van der Waals surface area contributed by atoms with Crippen molar-refractivity contribution in [2.75, 3.05) is 18.1 Å². The molecule has 0 aliphatic rings. The number of hydrogen-bond acceptors (Lipinski definition) is 4. The molecule has 0 saturated heterocycles. The molecule has 7 heteroatoms. The van der Waals surface area contributed by atoms with Gasteiger partial charge in [-0.2, -0.15) is 0 Å². The summed E-state index contributed by atoms with van der Waals surface area (Å²) in [5.41, 5.74) is 0.0390. The maximum Gasteiger partial charge on any atom is 0.293 e. The Balaban J connectivity index is 3.37. The lowest BCUT2D eigenvalue weighted by molar-refractivity contribution is -0.384. The summed E-state index contributed by atoms with van der Waals surface area (Å²) in [5, 5.41) is 20.3. The molecular formula is C13H18BrFN2O3. The molecule has 0 aromatic heterocycles. The van der Waals surface area contributed by atoms with Crippen molar-refractivity contribution < 1.29 is 14.4 Å². The maximum absolute atomic E-state index is 13.7. The first-order chi connectivity index (χ1) is 9.46. The van der Waals surface area contributed by atoms with Crippen molar-refractivity contribution >= 4 is 27.3 Å². The minimum absolute atomic E-state index is 0.0152. The van der Waals surface area contributed by atoms with Crippen LogP contribution in [0.25, 0.3) is 0 Å². The standard InChI is InChI=1S/C13H18BrFN2O3/c1-3-9(4-2)16(5-6-18)12-8-11(15)10(14)7-13(12)17(19)20/h7-9,18H,3-6H2,1-2H3. The third-order valence-corrected chi connectivity index (χ3v) is 3.86. The Kier molecular flexibility index (Phi) is 6.35. The molecule has 0 heterocycles. The fourth-order valence-electron chi connectivity index (χ4n) is 2.24. The van der Waals surface area contributed by atoms with E-state index in [-0.39, 0.29) is 35.0 Å². The molecule has 1 rings (SSSR count). The van der Waals surface area contributed by atoms with Gasteiger partial charge in [-0.3, -0.25) is 10.1 Å². The van der Waals surface area contributed by atoms with Crippen LogP contribution in [0.3, 0.4) is 0 Å². The van der Waals surface area contributed by atoms with Gasteiger partial charge in [0.1, 0.15) is 11.5 Å². The smallest absolute Gasteiger partial charge is 0.293 e. The van der Waals surface area contributed by atoms with Crippen LogP contribution in [0.2, 0.25) is 0 Å². The van der Waals surface area contributed by atoms with Crippen LogP contribution >= 0.6 is 15.9 Å². The Hall–Kier alpha value is -1.21.